The standard InChI is InChI=1S/C12H16FN3/c13-10-5-11(8-14-7-10)16-3-1-9-6-15-12(9)2-4-16/h5,7-9,12,15H,1-4,6H2/t9-,12-/m1/s1. The van der Waals surface area contributed by atoms with E-state index in [2.05, 4.69) is 15.2 Å². The van der Waals surface area contributed by atoms with Gasteiger partial charge in [0.2, 0.25) is 0 Å². The molecule has 3 rings (SSSR count). The van der Waals surface area contributed by atoms with Crippen LogP contribution in [0.5, 0.6) is 0 Å². The molecule has 3 heterocycles. The smallest absolute Gasteiger partial charge is 0.143 e. The lowest BCUT2D eigenvalue weighted by Crippen LogP contribution is -2.52. The maximum absolute atomic E-state index is 13.1. The van der Waals surface area contributed by atoms with Crippen LogP contribution in [0.15, 0.2) is 18.5 Å². The SMILES string of the molecule is Fc1cncc(N2CC[C@@H]3CN[C@@H]3CC2)c1. The summed E-state index contributed by atoms with van der Waals surface area (Å²) in [6.45, 7) is 3.17. The van der Waals surface area contributed by atoms with Crippen LogP contribution in [0.2, 0.25) is 0 Å². The summed E-state index contributed by atoms with van der Waals surface area (Å²) in [6.07, 6.45) is 5.37. The van der Waals surface area contributed by atoms with E-state index in [0.29, 0.717) is 6.04 Å². The lowest BCUT2D eigenvalue weighted by atomic mass is 9.88. The first-order valence-electron chi connectivity index (χ1n) is 5.92. The molecule has 2 atom stereocenters. The maximum Gasteiger partial charge on any atom is 0.143 e. The first-order chi connectivity index (χ1) is 7.83. The van der Waals surface area contributed by atoms with E-state index in [9.17, 15) is 4.39 Å². The molecule has 0 spiro atoms. The molecule has 0 radical (unpaired) electrons. The molecule has 1 aromatic rings. The van der Waals surface area contributed by atoms with Crippen molar-refractivity contribution in [2.24, 2.45) is 5.92 Å². The molecule has 0 amide bonds. The number of halogens is 1. The highest BCUT2D eigenvalue weighted by Gasteiger charge is 2.32. The molecule has 0 aromatic carbocycles. The Balaban J connectivity index is 1.74. The van der Waals surface area contributed by atoms with Gasteiger partial charge in [0, 0.05) is 25.2 Å². The lowest BCUT2D eigenvalue weighted by Gasteiger charge is -2.36. The van der Waals surface area contributed by atoms with Crippen LogP contribution in [0.4, 0.5) is 10.1 Å². The molecule has 3 nitrogen and oxygen atoms in total. The molecule has 2 aliphatic heterocycles. The van der Waals surface area contributed by atoms with Crippen LogP contribution in [-0.4, -0.2) is 30.7 Å². The zero-order chi connectivity index (χ0) is 11.0. The minimum Gasteiger partial charge on any atom is -0.370 e. The number of hydrogen-bond acceptors (Lipinski definition) is 3. The average Bonchev–Trinajstić information content (AvgIpc) is 2.38. The molecule has 0 aliphatic carbocycles. The maximum atomic E-state index is 13.1. The van der Waals surface area contributed by atoms with Crippen LogP contribution in [0, 0.1) is 11.7 Å². The van der Waals surface area contributed by atoms with Crippen LogP contribution in [-0.2, 0) is 0 Å². The van der Waals surface area contributed by atoms with Crippen molar-refractivity contribution in [3.63, 3.8) is 0 Å². The van der Waals surface area contributed by atoms with Gasteiger partial charge in [0.15, 0.2) is 0 Å². The van der Waals surface area contributed by atoms with Gasteiger partial charge < -0.3 is 10.2 Å². The second-order valence-corrected chi connectivity index (χ2v) is 4.70. The van der Waals surface area contributed by atoms with Gasteiger partial charge in [-0.1, -0.05) is 0 Å². The highest BCUT2D eigenvalue weighted by molar-refractivity contribution is 5.44. The van der Waals surface area contributed by atoms with Crippen molar-refractivity contribution in [2.45, 2.75) is 18.9 Å². The second kappa shape index (κ2) is 4.01. The number of pyridine rings is 1. The van der Waals surface area contributed by atoms with Gasteiger partial charge in [-0.15, -0.1) is 0 Å². The fraction of sp³-hybridized carbons (Fsp3) is 0.583. The summed E-state index contributed by atoms with van der Waals surface area (Å²) in [5.74, 6) is 0.578. The molecule has 0 unspecified atom stereocenters. The molecule has 86 valence electrons. The Morgan fingerprint density at radius 3 is 2.94 bits per heavy atom. The monoisotopic (exact) mass is 221 g/mol. The van der Waals surface area contributed by atoms with E-state index < -0.39 is 0 Å². The van der Waals surface area contributed by atoms with Crippen molar-refractivity contribution >= 4 is 5.69 Å². The van der Waals surface area contributed by atoms with Gasteiger partial charge in [0.05, 0.1) is 18.1 Å². The average molecular weight is 221 g/mol. The van der Waals surface area contributed by atoms with E-state index in [1.165, 1.54) is 12.6 Å². The Kier molecular flexibility index (Phi) is 2.52. The van der Waals surface area contributed by atoms with Crippen molar-refractivity contribution in [1.29, 1.82) is 0 Å². The van der Waals surface area contributed by atoms with Crippen molar-refractivity contribution < 1.29 is 4.39 Å². The summed E-state index contributed by atoms with van der Waals surface area (Å²) in [6, 6.07) is 2.26. The lowest BCUT2D eigenvalue weighted by molar-refractivity contribution is 0.226. The molecule has 2 aliphatic rings. The van der Waals surface area contributed by atoms with E-state index in [-0.39, 0.29) is 5.82 Å². The molecule has 0 saturated carbocycles. The molecule has 0 bridgehead atoms. The fourth-order valence-corrected chi connectivity index (χ4v) is 2.65. The van der Waals surface area contributed by atoms with Crippen LogP contribution in [0.3, 0.4) is 0 Å². The van der Waals surface area contributed by atoms with E-state index >= 15 is 0 Å². The van der Waals surface area contributed by atoms with Crippen LogP contribution >= 0.6 is 0 Å². The Morgan fingerprint density at radius 1 is 1.31 bits per heavy atom. The number of aromatic nitrogens is 1. The number of fused-ring (bicyclic) bond motifs is 1. The van der Waals surface area contributed by atoms with Gasteiger partial charge in [0.1, 0.15) is 5.82 Å². The first-order valence-corrected chi connectivity index (χ1v) is 5.92. The summed E-state index contributed by atoms with van der Waals surface area (Å²) in [4.78, 5) is 6.16. The first kappa shape index (κ1) is 10.0. The van der Waals surface area contributed by atoms with E-state index in [1.54, 1.807) is 12.3 Å². The molecular formula is C12H16FN3. The highest BCUT2D eigenvalue weighted by Crippen LogP contribution is 2.26. The molecular weight excluding hydrogens is 205 g/mol. The van der Waals surface area contributed by atoms with Crippen LogP contribution in [0.25, 0.3) is 0 Å². The third kappa shape index (κ3) is 1.78. The van der Waals surface area contributed by atoms with Crippen molar-refractivity contribution in [3.05, 3.63) is 24.3 Å². The van der Waals surface area contributed by atoms with Gasteiger partial charge in [-0.3, -0.25) is 4.98 Å². The van der Waals surface area contributed by atoms with Gasteiger partial charge in [-0.05, 0) is 25.3 Å². The molecule has 1 N–H and O–H groups in total. The van der Waals surface area contributed by atoms with Gasteiger partial charge in [0.25, 0.3) is 0 Å². The quantitative estimate of drug-likeness (QED) is 0.777. The van der Waals surface area contributed by atoms with Crippen LogP contribution in [0.1, 0.15) is 12.8 Å². The summed E-state index contributed by atoms with van der Waals surface area (Å²) < 4.78 is 13.1. The molecule has 16 heavy (non-hydrogen) atoms. The third-order valence-corrected chi connectivity index (χ3v) is 3.75. The minimum absolute atomic E-state index is 0.247. The van der Waals surface area contributed by atoms with Crippen molar-refractivity contribution in [3.8, 4) is 0 Å². The third-order valence-electron chi connectivity index (χ3n) is 3.75. The zero-order valence-corrected chi connectivity index (χ0v) is 9.19. The summed E-state index contributed by atoms with van der Waals surface area (Å²) in [7, 11) is 0. The molecule has 1 aromatic heterocycles. The van der Waals surface area contributed by atoms with E-state index in [0.717, 1.165) is 37.7 Å². The normalized spacial score (nSPS) is 29.2. The minimum atomic E-state index is -0.247. The summed E-state index contributed by atoms with van der Waals surface area (Å²) in [5, 5.41) is 3.45. The Hall–Kier alpha value is -1.16. The highest BCUT2D eigenvalue weighted by atomic mass is 19.1. The Bertz CT molecular complexity index is 368. The number of anilines is 1. The van der Waals surface area contributed by atoms with Crippen molar-refractivity contribution in [1.82, 2.24) is 10.3 Å². The van der Waals surface area contributed by atoms with Gasteiger partial charge >= 0.3 is 0 Å². The number of nitrogens with zero attached hydrogens (tertiary/aromatic N) is 2. The topological polar surface area (TPSA) is 28.2 Å². The predicted molar refractivity (Wildman–Crippen MR) is 60.9 cm³/mol. The molecule has 4 heteroatoms. The number of rotatable bonds is 1. The number of hydrogen-bond donors (Lipinski definition) is 1. The Morgan fingerprint density at radius 2 is 2.19 bits per heavy atom. The summed E-state index contributed by atoms with van der Waals surface area (Å²) in [5.41, 5.74) is 0.918. The zero-order valence-electron chi connectivity index (χ0n) is 9.19. The van der Waals surface area contributed by atoms with E-state index in [1.807, 2.05) is 0 Å². The fourth-order valence-electron chi connectivity index (χ4n) is 2.65. The van der Waals surface area contributed by atoms with Gasteiger partial charge in [-0.2, -0.15) is 0 Å². The second-order valence-electron chi connectivity index (χ2n) is 4.70. The Labute approximate surface area is 94.7 Å². The predicted octanol–water partition coefficient (Wildman–Crippen LogP) is 1.41. The van der Waals surface area contributed by atoms with Crippen LogP contribution < -0.4 is 10.2 Å². The van der Waals surface area contributed by atoms with Gasteiger partial charge in [-0.25, -0.2) is 4.39 Å². The van der Waals surface area contributed by atoms with Crippen molar-refractivity contribution in [2.75, 3.05) is 24.5 Å². The summed E-state index contributed by atoms with van der Waals surface area (Å²) >= 11 is 0. The van der Waals surface area contributed by atoms with E-state index in [4.69, 9.17) is 0 Å². The number of nitrogens with one attached hydrogen (secondary N) is 1. The molecule has 2 saturated heterocycles. The molecule has 2 fully saturated rings. The largest absolute Gasteiger partial charge is 0.370 e.